The van der Waals surface area contributed by atoms with Gasteiger partial charge >= 0.3 is 0 Å². The van der Waals surface area contributed by atoms with Crippen molar-refractivity contribution in [2.45, 2.75) is 32.2 Å². The Morgan fingerprint density at radius 3 is 2.67 bits per heavy atom. The molecule has 2 N–H and O–H groups in total. The molecule has 1 atom stereocenters. The summed E-state index contributed by atoms with van der Waals surface area (Å²) < 4.78 is 5.44. The molecule has 138 valence electrons. The van der Waals surface area contributed by atoms with E-state index in [0.29, 0.717) is 5.92 Å². The third kappa shape index (κ3) is 6.50. The summed E-state index contributed by atoms with van der Waals surface area (Å²) >= 11 is 1.81. The summed E-state index contributed by atoms with van der Waals surface area (Å²) in [6.45, 7) is 12.2. The van der Waals surface area contributed by atoms with Crippen LogP contribution in [0.1, 0.15) is 31.6 Å². The van der Waals surface area contributed by atoms with Gasteiger partial charge < -0.3 is 15.4 Å². The maximum Gasteiger partial charge on any atom is 0.191 e. The van der Waals surface area contributed by atoms with E-state index in [-0.39, 0.29) is 29.5 Å². The highest BCUT2D eigenvalue weighted by Crippen LogP contribution is 2.19. The average molecular weight is 466 g/mol. The minimum Gasteiger partial charge on any atom is -0.379 e. The average Bonchev–Trinajstić information content (AvgIpc) is 3.10. The first kappa shape index (κ1) is 21.7. The van der Waals surface area contributed by atoms with Crippen molar-refractivity contribution in [1.29, 1.82) is 0 Å². The smallest absolute Gasteiger partial charge is 0.191 e. The zero-order chi connectivity index (χ0) is 16.7. The third-order valence-electron chi connectivity index (χ3n) is 4.38. The Morgan fingerprint density at radius 2 is 2.08 bits per heavy atom. The van der Waals surface area contributed by atoms with Gasteiger partial charge in [0.25, 0.3) is 0 Å². The van der Waals surface area contributed by atoms with Crippen LogP contribution in [0.2, 0.25) is 0 Å². The molecule has 0 aliphatic carbocycles. The second-order valence-corrected chi connectivity index (χ2v) is 7.61. The minimum atomic E-state index is 0. The van der Waals surface area contributed by atoms with Crippen LogP contribution in [0.3, 0.4) is 0 Å². The summed E-state index contributed by atoms with van der Waals surface area (Å²) in [5, 5.41) is 9.03. The van der Waals surface area contributed by atoms with Crippen LogP contribution < -0.4 is 10.6 Å². The predicted octanol–water partition coefficient (Wildman–Crippen LogP) is 2.75. The van der Waals surface area contributed by atoms with Gasteiger partial charge in [0.2, 0.25) is 0 Å². The third-order valence-corrected chi connectivity index (χ3v) is 5.49. The van der Waals surface area contributed by atoms with Gasteiger partial charge in [0, 0.05) is 49.6 Å². The SMILES string of the molecule is CN=C(NCC(C)c1cccs1)NCC(C)(C)N1CCOCC1.I. The molecule has 0 radical (unpaired) electrons. The largest absolute Gasteiger partial charge is 0.379 e. The molecule has 0 spiro atoms. The Kier molecular flexibility index (Phi) is 9.54. The van der Waals surface area contributed by atoms with Gasteiger partial charge in [-0.25, -0.2) is 0 Å². The van der Waals surface area contributed by atoms with E-state index in [1.54, 1.807) is 0 Å². The van der Waals surface area contributed by atoms with Crippen molar-refractivity contribution < 1.29 is 4.74 Å². The van der Waals surface area contributed by atoms with Crippen LogP contribution in [0.15, 0.2) is 22.5 Å². The Hall–Kier alpha value is -0.380. The maximum atomic E-state index is 5.44. The van der Waals surface area contributed by atoms with E-state index in [9.17, 15) is 0 Å². The number of nitrogens with one attached hydrogen (secondary N) is 2. The number of halogens is 1. The highest BCUT2D eigenvalue weighted by molar-refractivity contribution is 14.0. The molecule has 1 fully saturated rings. The lowest BCUT2D eigenvalue weighted by molar-refractivity contribution is -0.00834. The summed E-state index contributed by atoms with van der Waals surface area (Å²) in [7, 11) is 1.83. The van der Waals surface area contributed by atoms with Crippen LogP contribution in [-0.2, 0) is 4.74 Å². The molecule has 1 aliphatic rings. The number of guanidine groups is 1. The van der Waals surface area contributed by atoms with E-state index >= 15 is 0 Å². The number of morpholine rings is 1. The number of nitrogens with zero attached hydrogens (tertiary/aromatic N) is 2. The van der Waals surface area contributed by atoms with Crippen LogP contribution in [-0.4, -0.2) is 62.8 Å². The molecular formula is C17H31IN4OS. The van der Waals surface area contributed by atoms with Crippen LogP contribution >= 0.6 is 35.3 Å². The monoisotopic (exact) mass is 466 g/mol. The van der Waals surface area contributed by atoms with Crippen LogP contribution in [0.5, 0.6) is 0 Å². The molecule has 0 saturated carbocycles. The first-order chi connectivity index (χ1) is 11.0. The molecule has 1 aromatic rings. The van der Waals surface area contributed by atoms with Crippen molar-refractivity contribution in [3.8, 4) is 0 Å². The van der Waals surface area contributed by atoms with E-state index in [0.717, 1.165) is 45.4 Å². The lowest BCUT2D eigenvalue weighted by Gasteiger charge is -2.41. The van der Waals surface area contributed by atoms with Crippen molar-refractivity contribution in [2.24, 2.45) is 4.99 Å². The summed E-state index contributed by atoms with van der Waals surface area (Å²) in [5.41, 5.74) is 0.0841. The maximum absolute atomic E-state index is 5.44. The Morgan fingerprint density at radius 1 is 1.38 bits per heavy atom. The minimum absolute atomic E-state index is 0. The molecule has 2 heterocycles. The first-order valence-electron chi connectivity index (χ1n) is 8.33. The van der Waals surface area contributed by atoms with Gasteiger partial charge in [-0.1, -0.05) is 13.0 Å². The summed E-state index contributed by atoms with van der Waals surface area (Å²) in [6.07, 6.45) is 0. The van der Waals surface area contributed by atoms with E-state index in [4.69, 9.17) is 4.74 Å². The van der Waals surface area contributed by atoms with Crippen molar-refractivity contribution in [3.63, 3.8) is 0 Å². The highest BCUT2D eigenvalue weighted by Gasteiger charge is 2.28. The second-order valence-electron chi connectivity index (χ2n) is 6.63. The Bertz CT molecular complexity index is 487. The van der Waals surface area contributed by atoms with Gasteiger partial charge in [-0.2, -0.15) is 0 Å². The fraction of sp³-hybridized carbons (Fsp3) is 0.706. The molecule has 0 bridgehead atoms. The molecule has 1 saturated heterocycles. The second kappa shape index (κ2) is 10.6. The van der Waals surface area contributed by atoms with Gasteiger partial charge in [-0.05, 0) is 25.3 Å². The first-order valence-corrected chi connectivity index (χ1v) is 9.21. The summed E-state index contributed by atoms with van der Waals surface area (Å²) in [6, 6.07) is 4.29. The number of rotatable bonds is 6. The fourth-order valence-corrected chi connectivity index (χ4v) is 3.51. The van der Waals surface area contributed by atoms with Gasteiger partial charge in [-0.3, -0.25) is 9.89 Å². The quantitative estimate of drug-likeness (QED) is 0.385. The van der Waals surface area contributed by atoms with Gasteiger partial charge in [0.05, 0.1) is 13.2 Å². The predicted molar refractivity (Wildman–Crippen MR) is 114 cm³/mol. The van der Waals surface area contributed by atoms with Crippen LogP contribution in [0.25, 0.3) is 0 Å². The molecule has 24 heavy (non-hydrogen) atoms. The Labute approximate surface area is 167 Å². The summed E-state index contributed by atoms with van der Waals surface area (Å²) in [5.74, 6) is 1.36. The highest BCUT2D eigenvalue weighted by atomic mass is 127. The van der Waals surface area contributed by atoms with Crippen LogP contribution in [0.4, 0.5) is 0 Å². The van der Waals surface area contributed by atoms with Gasteiger partial charge in [0.1, 0.15) is 0 Å². The molecule has 0 aromatic carbocycles. The Balaban J connectivity index is 0.00000288. The number of hydrogen-bond donors (Lipinski definition) is 2. The molecule has 1 unspecified atom stereocenters. The molecule has 7 heteroatoms. The van der Waals surface area contributed by atoms with Crippen molar-refractivity contribution in [3.05, 3.63) is 22.4 Å². The number of hydrogen-bond acceptors (Lipinski definition) is 4. The van der Waals surface area contributed by atoms with E-state index in [2.05, 4.69) is 58.8 Å². The molecule has 1 aromatic heterocycles. The molecular weight excluding hydrogens is 435 g/mol. The normalized spacial score (nSPS) is 17.9. The van der Waals surface area contributed by atoms with E-state index in [1.807, 2.05) is 18.4 Å². The zero-order valence-corrected chi connectivity index (χ0v) is 18.3. The van der Waals surface area contributed by atoms with Crippen molar-refractivity contribution in [1.82, 2.24) is 15.5 Å². The lowest BCUT2D eigenvalue weighted by atomic mass is 10.0. The van der Waals surface area contributed by atoms with Gasteiger partial charge in [-0.15, -0.1) is 35.3 Å². The fourth-order valence-electron chi connectivity index (χ4n) is 2.72. The molecule has 5 nitrogen and oxygen atoms in total. The standard InChI is InChI=1S/C17H30N4OS.HI/c1-14(15-6-5-11-23-15)12-19-16(18-4)20-13-17(2,3)21-7-9-22-10-8-21;/h5-6,11,14H,7-10,12-13H2,1-4H3,(H2,18,19,20);1H. The topological polar surface area (TPSA) is 48.9 Å². The van der Waals surface area contributed by atoms with Crippen molar-refractivity contribution >= 4 is 41.3 Å². The van der Waals surface area contributed by atoms with E-state index in [1.165, 1.54) is 4.88 Å². The lowest BCUT2D eigenvalue weighted by Crippen LogP contribution is -2.56. The summed E-state index contributed by atoms with van der Waals surface area (Å²) in [4.78, 5) is 8.23. The molecule has 0 amide bonds. The van der Waals surface area contributed by atoms with Crippen LogP contribution in [0, 0.1) is 0 Å². The van der Waals surface area contributed by atoms with Crippen molar-refractivity contribution in [2.75, 3.05) is 46.4 Å². The number of ether oxygens (including phenoxy) is 1. The van der Waals surface area contributed by atoms with E-state index < -0.39 is 0 Å². The van der Waals surface area contributed by atoms with Gasteiger partial charge in [0.15, 0.2) is 5.96 Å². The number of thiophene rings is 1. The molecule has 2 rings (SSSR count). The molecule has 1 aliphatic heterocycles. The zero-order valence-electron chi connectivity index (χ0n) is 15.2. The number of aliphatic imine (C=N–C) groups is 1.